The van der Waals surface area contributed by atoms with Crippen molar-refractivity contribution in [2.75, 3.05) is 91.9 Å². The maximum absolute atomic E-state index is 4.04. The largest absolute Gasteiger partial charge is 0.298 e. The Bertz CT molecular complexity index is 913. The molecular weight excluding hydrogens is 520 g/mol. The van der Waals surface area contributed by atoms with Crippen LogP contribution in [0.25, 0.3) is 0 Å². The van der Waals surface area contributed by atoms with Gasteiger partial charge in [0.15, 0.2) is 0 Å². The Morgan fingerprint density at radius 3 is 1.26 bits per heavy atom. The van der Waals surface area contributed by atoms with Crippen LogP contribution in [0.1, 0.15) is 75.3 Å². The van der Waals surface area contributed by atoms with Crippen molar-refractivity contribution in [2.45, 2.75) is 88.6 Å². The van der Waals surface area contributed by atoms with Crippen molar-refractivity contribution in [1.82, 2.24) is 40.0 Å². The summed E-state index contributed by atoms with van der Waals surface area (Å²) in [5.74, 6) is 0. The number of rotatable bonds is 4. The summed E-state index contributed by atoms with van der Waals surface area (Å²) in [7, 11) is 0. The van der Waals surface area contributed by atoms with Crippen LogP contribution >= 0.6 is 0 Å². The van der Waals surface area contributed by atoms with Crippen LogP contribution in [0.3, 0.4) is 0 Å². The zero-order valence-electron chi connectivity index (χ0n) is 26.4. The summed E-state index contributed by atoms with van der Waals surface area (Å²) in [5.41, 5.74) is 3.49. The molecule has 2 N–H and O–H groups in total. The molecule has 7 rings (SSSR count). The van der Waals surface area contributed by atoms with Crippen molar-refractivity contribution in [3.63, 3.8) is 0 Å². The van der Waals surface area contributed by atoms with E-state index < -0.39 is 0 Å². The fourth-order valence-electron chi connectivity index (χ4n) is 8.77. The highest BCUT2D eigenvalue weighted by molar-refractivity contribution is 5.22. The molecule has 8 nitrogen and oxygen atoms in total. The monoisotopic (exact) mass is 578 g/mol. The quantitative estimate of drug-likeness (QED) is 0.566. The maximum atomic E-state index is 4.04. The van der Waals surface area contributed by atoms with Crippen molar-refractivity contribution in [3.8, 4) is 0 Å². The van der Waals surface area contributed by atoms with E-state index in [2.05, 4.69) is 64.3 Å². The summed E-state index contributed by atoms with van der Waals surface area (Å²) in [6.07, 6.45) is 13.3. The third kappa shape index (κ3) is 6.76. The molecule has 4 atom stereocenters. The van der Waals surface area contributed by atoms with Crippen molar-refractivity contribution in [3.05, 3.63) is 35.4 Å². The number of hydrogen-bond donors (Lipinski definition) is 2. The van der Waals surface area contributed by atoms with Crippen molar-refractivity contribution < 1.29 is 0 Å². The summed E-state index contributed by atoms with van der Waals surface area (Å²) >= 11 is 0. The first-order valence-electron chi connectivity index (χ1n) is 17.7. The highest BCUT2D eigenvalue weighted by atomic mass is 15.4. The van der Waals surface area contributed by atoms with E-state index in [0.29, 0.717) is 0 Å². The van der Waals surface area contributed by atoms with E-state index in [-0.39, 0.29) is 11.3 Å². The Hall–Kier alpha value is -1.10. The second kappa shape index (κ2) is 13.5. The van der Waals surface area contributed by atoms with Gasteiger partial charge in [-0.05, 0) is 88.4 Å². The van der Waals surface area contributed by atoms with E-state index in [9.17, 15) is 0 Å². The fraction of sp³-hybridized carbons (Fsp3) is 0.824. The molecule has 4 heterocycles. The van der Waals surface area contributed by atoms with Gasteiger partial charge in [0, 0.05) is 78.5 Å². The van der Waals surface area contributed by atoms with Crippen LogP contribution in [0.2, 0.25) is 0 Å². The highest BCUT2D eigenvalue weighted by Crippen LogP contribution is 2.37. The molecule has 0 aromatic heterocycles. The SMILES string of the molecule is c1cc(CN2CCCN3CCCN(C3)C3(CCC3)NCC2)ccc1CN1CCCN2CCCN(C2)C2(CCC2)NCC1. The van der Waals surface area contributed by atoms with Crippen molar-refractivity contribution in [1.29, 1.82) is 0 Å². The molecule has 1 aromatic rings. The summed E-state index contributed by atoms with van der Waals surface area (Å²) in [5, 5.41) is 8.09. The van der Waals surface area contributed by atoms with Crippen molar-refractivity contribution >= 4 is 0 Å². The standard InChI is InChI=1S/C34H58N8/c1-11-33(12-1)35-15-25-37(17-3-19-39-21-5-23-41(33)29-39)27-31-7-9-32(10-8-31)28-38-18-4-20-40-22-6-24-42(30-40)34(13-2-14-34)36-16-26-38/h7-10,35-36H,1-6,11-30H2. The van der Waals surface area contributed by atoms with E-state index in [4.69, 9.17) is 0 Å². The lowest BCUT2D eigenvalue weighted by Gasteiger charge is -2.54. The lowest BCUT2D eigenvalue weighted by Crippen LogP contribution is -2.67. The van der Waals surface area contributed by atoms with Gasteiger partial charge in [-0.1, -0.05) is 24.3 Å². The number of nitrogens with one attached hydrogen (secondary N) is 2. The lowest BCUT2D eigenvalue weighted by molar-refractivity contribution is -0.0666. The molecule has 4 aliphatic heterocycles. The average molecular weight is 579 g/mol. The highest BCUT2D eigenvalue weighted by Gasteiger charge is 2.44. The van der Waals surface area contributed by atoms with Gasteiger partial charge in [0.05, 0.1) is 24.7 Å². The molecule has 0 radical (unpaired) electrons. The first-order valence-corrected chi connectivity index (χ1v) is 17.7. The van der Waals surface area contributed by atoms with E-state index in [1.165, 1.54) is 141 Å². The molecule has 4 unspecified atom stereocenters. The van der Waals surface area contributed by atoms with Crippen LogP contribution in [0.5, 0.6) is 0 Å². The van der Waals surface area contributed by atoms with Gasteiger partial charge in [0.2, 0.25) is 0 Å². The van der Waals surface area contributed by atoms with Gasteiger partial charge in [0.1, 0.15) is 0 Å². The van der Waals surface area contributed by atoms with Crippen LogP contribution in [-0.2, 0) is 13.1 Å². The minimum atomic E-state index is 0.280. The smallest absolute Gasteiger partial charge is 0.0723 e. The third-order valence-corrected chi connectivity index (χ3v) is 11.6. The molecule has 2 spiro atoms. The molecule has 4 saturated heterocycles. The molecule has 234 valence electrons. The Morgan fingerprint density at radius 2 is 0.881 bits per heavy atom. The number of nitrogens with zero attached hydrogens (tertiary/aromatic N) is 6. The lowest BCUT2D eigenvalue weighted by atomic mass is 9.82. The fourth-order valence-corrected chi connectivity index (χ4v) is 8.77. The molecule has 42 heavy (non-hydrogen) atoms. The first-order chi connectivity index (χ1) is 20.7. The molecule has 2 saturated carbocycles. The number of hydrogen-bond acceptors (Lipinski definition) is 8. The van der Waals surface area contributed by atoms with Crippen LogP contribution in [0.15, 0.2) is 24.3 Å². The summed E-state index contributed by atoms with van der Waals surface area (Å²) in [4.78, 5) is 16.4. The number of fused-ring (bicyclic) bond motifs is 6. The van der Waals surface area contributed by atoms with E-state index in [1.807, 2.05) is 0 Å². The molecule has 0 amide bonds. The minimum absolute atomic E-state index is 0.280. The second-order valence-electron chi connectivity index (χ2n) is 14.5. The maximum Gasteiger partial charge on any atom is 0.0723 e. The Morgan fingerprint density at radius 1 is 0.476 bits per heavy atom. The van der Waals surface area contributed by atoms with Crippen LogP contribution in [0, 0.1) is 0 Å². The van der Waals surface area contributed by atoms with Crippen molar-refractivity contribution in [2.24, 2.45) is 0 Å². The Labute approximate surface area is 255 Å². The predicted octanol–water partition coefficient (Wildman–Crippen LogP) is 2.97. The van der Waals surface area contributed by atoms with Crippen LogP contribution < -0.4 is 10.6 Å². The Kier molecular flexibility index (Phi) is 9.51. The molecule has 1 aromatic carbocycles. The molecular formula is C34H58N8. The second-order valence-corrected chi connectivity index (χ2v) is 14.5. The Balaban J connectivity index is 0.937. The van der Waals surface area contributed by atoms with Crippen LogP contribution in [0.4, 0.5) is 0 Å². The zero-order valence-corrected chi connectivity index (χ0v) is 26.4. The molecule has 4 bridgehead atoms. The number of benzene rings is 1. The molecule has 6 fully saturated rings. The third-order valence-electron chi connectivity index (χ3n) is 11.6. The van der Waals surface area contributed by atoms with E-state index in [1.54, 1.807) is 0 Å². The van der Waals surface area contributed by atoms with E-state index >= 15 is 0 Å². The van der Waals surface area contributed by atoms with Gasteiger partial charge < -0.3 is 0 Å². The van der Waals surface area contributed by atoms with Gasteiger partial charge in [0.25, 0.3) is 0 Å². The van der Waals surface area contributed by atoms with Gasteiger partial charge in [-0.2, -0.15) is 0 Å². The molecule has 2 aliphatic carbocycles. The van der Waals surface area contributed by atoms with Gasteiger partial charge in [-0.3, -0.25) is 40.0 Å². The van der Waals surface area contributed by atoms with Crippen LogP contribution in [-0.4, -0.2) is 133 Å². The summed E-state index contributed by atoms with van der Waals surface area (Å²) in [6.45, 7) is 18.9. The van der Waals surface area contributed by atoms with Gasteiger partial charge >= 0.3 is 0 Å². The predicted molar refractivity (Wildman–Crippen MR) is 171 cm³/mol. The normalized spacial score (nSPS) is 34.5. The zero-order chi connectivity index (χ0) is 28.2. The summed E-state index contributed by atoms with van der Waals surface area (Å²) < 4.78 is 0. The molecule has 8 heteroatoms. The molecule has 6 aliphatic rings. The minimum Gasteiger partial charge on any atom is -0.298 e. The average Bonchev–Trinajstić information content (AvgIpc) is 3.00. The first kappa shape index (κ1) is 29.6. The van der Waals surface area contributed by atoms with Gasteiger partial charge in [-0.15, -0.1) is 0 Å². The van der Waals surface area contributed by atoms with E-state index in [0.717, 1.165) is 39.3 Å². The topological polar surface area (TPSA) is 43.5 Å². The van der Waals surface area contributed by atoms with Gasteiger partial charge in [-0.25, -0.2) is 0 Å². The summed E-state index contributed by atoms with van der Waals surface area (Å²) in [6, 6.07) is 9.66.